The summed E-state index contributed by atoms with van der Waals surface area (Å²) < 4.78 is 0. The first-order valence-electron chi connectivity index (χ1n) is 5.88. The summed E-state index contributed by atoms with van der Waals surface area (Å²) in [6.07, 6.45) is 1.23. The Morgan fingerprint density at radius 2 is 1.94 bits per heavy atom. The van der Waals surface area contributed by atoms with E-state index in [2.05, 4.69) is 28.9 Å². The van der Waals surface area contributed by atoms with Crippen LogP contribution in [0.4, 0.5) is 5.82 Å². The van der Waals surface area contributed by atoms with Crippen molar-refractivity contribution in [1.82, 2.24) is 10.2 Å². The van der Waals surface area contributed by atoms with E-state index in [1.165, 1.54) is 12.5 Å². The van der Waals surface area contributed by atoms with Crippen LogP contribution < -0.4 is 4.90 Å². The van der Waals surface area contributed by atoms with Gasteiger partial charge in [0.25, 0.3) is 0 Å². The summed E-state index contributed by atoms with van der Waals surface area (Å²) in [5.74, 6) is 1.01. The molecule has 92 valence electrons. The number of anilines is 1. The average Bonchev–Trinajstić information content (AvgIpc) is 2.28. The Morgan fingerprint density at radius 1 is 1.29 bits per heavy atom. The van der Waals surface area contributed by atoms with E-state index in [-0.39, 0.29) is 5.69 Å². The van der Waals surface area contributed by atoms with Gasteiger partial charge in [0, 0.05) is 13.1 Å². The van der Waals surface area contributed by atoms with Gasteiger partial charge in [-0.15, -0.1) is 10.2 Å². The molecule has 1 saturated heterocycles. The van der Waals surface area contributed by atoms with E-state index < -0.39 is 5.97 Å². The number of aromatic nitrogens is 2. The molecule has 1 aliphatic heterocycles. The third-order valence-electron chi connectivity index (χ3n) is 3.06. The normalized spacial score (nSPS) is 24.7. The fourth-order valence-electron chi connectivity index (χ4n) is 2.46. The van der Waals surface area contributed by atoms with E-state index in [0.29, 0.717) is 11.8 Å². The lowest BCUT2D eigenvalue weighted by Gasteiger charge is -2.35. The maximum absolute atomic E-state index is 10.7. The van der Waals surface area contributed by atoms with Gasteiger partial charge in [0.1, 0.15) is 0 Å². The molecule has 5 nitrogen and oxygen atoms in total. The van der Waals surface area contributed by atoms with Gasteiger partial charge in [-0.3, -0.25) is 0 Å². The van der Waals surface area contributed by atoms with E-state index in [1.54, 1.807) is 6.07 Å². The van der Waals surface area contributed by atoms with Crippen molar-refractivity contribution in [3.05, 3.63) is 17.8 Å². The van der Waals surface area contributed by atoms with Crippen LogP contribution in [0, 0.1) is 11.8 Å². The van der Waals surface area contributed by atoms with Gasteiger partial charge in [0.05, 0.1) is 0 Å². The third kappa shape index (κ3) is 2.72. The van der Waals surface area contributed by atoms with Crippen molar-refractivity contribution < 1.29 is 9.90 Å². The largest absolute Gasteiger partial charge is 0.476 e. The highest BCUT2D eigenvalue weighted by molar-refractivity contribution is 5.85. The molecule has 0 radical (unpaired) electrons. The number of rotatable bonds is 2. The first-order chi connectivity index (χ1) is 8.06. The van der Waals surface area contributed by atoms with Crippen molar-refractivity contribution in [3.63, 3.8) is 0 Å². The number of carbonyl (C=O) groups is 1. The molecule has 0 amide bonds. The highest BCUT2D eigenvalue weighted by Crippen LogP contribution is 2.24. The molecule has 1 fully saturated rings. The summed E-state index contributed by atoms with van der Waals surface area (Å²) in [5.41, 5.74) is -0.00754. The van der Waals surface area contributed by atoms with Crippen molar-refractivity contribution in [2.45, 2.75) is 20.3 Å². The van der Waals surface area contributed by atoms with Crippen LogP contribution in [0.2, 0.25) is 0 Å². The van der Waals surface area contributed by atoms with Crippen LogP contribution in [0.1, 0.15) is 30.8 Å². The minimum atomic E-state index is -1.04. The summed E-state index contributed by atoms with van der Waals surface area (Å²) in [6, 6.07) is 3.25. The van der Waals surface area contributed by atoms with Crippen LogP contribution in [0.5, 0.6) is 0 Å². The van der Waals surface area contributed by atoms with Crippen molar-refractivity contribution in [2.24, 2.45) is 11.8 Å². The summed E-state index contributed by atoms with van der Waals surface area (Å²) in [4.78, 5) is 12.9. The van der Waals surface area contributed by atoms with Crippen LogP contribution in [0.3, 0.4) is 0 Å². The molecule has 0 aromatic carbocycles. The number of hydrogen-bond acceptors (Lipinski definition) is 4. The molecule has 1 aromatic heterocycles. The predicted octanol–water partition coefficient (Wildman–Crippen LogP) is 1.66. The fourth-order valence-corrected chi connectivity index (χ4v) is 2.46. The van der Waals surface area contributed by atoms with Gasteiger partial charge in [-0.05, 0) is 30.4 Å². The van der Waals surface area contributed by atoms with Crippen molar-refractivity contribution in [2.75, 3.05) is 18.0 Å². The lowest BCUT2D eigenvalue weighted by molar-refractivity contribution is 0.0689. The molecule has 1 aromatic rings. The van der Waals surface area contributed by atoms with Crippen LogP contribution >= 0.6 is 0 Å². The van der Waals surface area contributed by atoms with E-state index >= 15 is 0 Å². The summed E-state index contributed by atoms with van der Waals surface area (Å²) in [5, 5.41) is 16.5. The molecule has 2 heterocycles. The number of hydrogen-bond donors (Lipinski definition) is 1. The molecule has 0 aliphatic carbocycles. The first-order valence-corrected chi connectivity index (χ1v) is 5.88. The lowest BCUT2D eigenvalue weighted by atomic mass is 9.92. The van der Waals surface area contributed by atoms with Crippen LogP contribution in [-0.4, -0.2) is 34.4 Å². The highest BCUT2D eigenvalue weighted by atomic mass is 16.4. The predicted molar refractivity (Wildman–Crippen MR) is 64.1 cm³/mol. The minimum Gasteiger partial charge on any atom is -0.476 e. The maximum atomic E-state index is 10.7. The Kier molecular flexibility index (Phi) is 3.26. The smallest absolute Gasteiger partial charge is 0.356 e. The van der Waals surface area contributed by atoms with E-state index in [1.807, 2.05) is 0 Å². The molecular weight excluding hydrogens is 218 g/mol. The lowest BCUT2D eigenvalue weighted by Crippen LogP contribution is -2.39. The van der Waals surface area contributed by atoms with E-state index in [4.69, 9.17) is 5.11 Å². The zero-order valence-corrected chi connectivity index (χ0v) is 10.1. The van der Waals surface area contributed by atoms with Gasteiger partial charge < -0.3 is 10.0 Å². The van der Waals surface area contributed by atoms with Crippen LogP contribution in [-0.2, 0) is 0 Å². The minimum absolute atomic E-state index is 0.00754. The topological polar surface area (TPSA) is 66.3 Å². The summed E-state index contributed by atoms with van der Waals surface area (Å²) >= 11 is 0. The second kappa shape index (κ2) is 4.69. The van der Waals surface area contributed by atoms with E-state index in [9.17, 15) is 4.79 Å². The Morgan fingerprint density at radius 3 is 2.41 bits per heavy atom. The van der Waals surface area contributed by atoms with Gasteiger partial charge in [0.15, 0.2) is 11.5 Å². The number of aromatic carboxylic acids is 1. The van der Waals surface area contributed by atoms with Crippen LogP contribution in [0.25, 0.3) is 0 Å². The molecular formula is C12H17N3O2. The van der Waals surface area contributed by atoms with E-state index in [0.717, 1.165) is 18.9 Å². The van der Waals surface area contributed by atoms with Crippen molar-refractivity contribution in [1.29, 1.82) is 0 Å². The first kappa shape index (κ1) is 11.8. The Labute approximate surface area is 100 Å². The number of piperidine rings is 1. The molecule has 0 saturated carbocycles. The van der Waals surface area contributed by atoms with Gasteiger partial charge >= 0.3 is 5.97 Å². The fraction of sp³-hybridized carbons (Fsp3) is 0.583. The molecule has 2 atom stereocenters. The van der Waals surface area contributed by atoms with Crippen molar-refractivity contribution >= 4 is 11.8 Å². The average molecular weight is 235 g/mol. The molecule has 1 N–H and O–H groups in total. The molecule has 2 rings (SSSR count). The number of carboxylic acid groups (broad SMARTS) is 1. The zero-order valence-electron chi connectivity index (χ0n) is 10.1. The quantitative estimate of drug-likeness (QED) is 0.844. The van der Waals surface area contributed by atoms with Crippen LogP contribution in [0.15, 0.2) is 12.1 Å². The highest BCUT2D eigenvalue weighted by Gasteiger charge is 2.23. The maximum Gasteiger partial charge on any atom is 0.356 e. The standard InChI is InChI=1S/C12H17N3O2/c1-8-5-9(2)7-15(6-8)11-4-3-10(12(16)17)13-14-11/h3-4,8-9H,5-7H2,1-2H3,(H,16,17)/t8-,9+. The van der Waals surface area contributed by atoms with Gasteiger partial charge in [-0.25, -0.2) is 4.79 Å². The van der Waals surface area contributed by atoms with Gasteiger partial charge in [-0.1, -0.05) is 13.8 Å². The Bertz CT molecular complexity index is 395. The number of carboxylic acids is 1. The second-order valence-electron chi connectivity index (χ2n) is 4.93. The second-order valence-corrected chi connectivity index (χ2v) is 4.93. The monoisotopic (exact) mass is 235 g/mol. The molecule has 0 spiro atoms. The summed E-state index contributed by atoms with van der Waals surface area (Å²) in [6.45, 7) is 6.38. The van der Waals surface area contributed by atoms with Gasteiger partial charge in [-0.2, -0.15) is 0 Å². The molecule has 5 heteroatoms. The summed E-state index contributed by atoms with van der Waals surface area (Å²) in [7, 11) is 0. The zero-order chi connectivity index (χ0) is 12.4. The molecule has 0 bridgehead atoms. The Balaban J connectivity index is 2.14. The Hall–Kier alpha value is -1.65. The molecule has 0 unspecified atom stereocenters. The number of nitrogens with zero attached hydrogens (tertiary/aromatic N) is 3. The molecule has 17 heavy (non-hydrogen) atoms. The van der Waals surface area contributed by atoms with Gasteiger partial charge in [0.2, 0.25) is 0 Å². The van der Waals surface area contributed by atoms with Crippen molar-refractivity contribution in [3.8, 4) is 0 Å². The third-order valence-corrected chi connectivity index (χ3v) is 3.06. The molecule has 1 aliphatic rings. The SMILES string of the molecule is C[C@@H]1C[C@H](C)CN(c2ccc(C(=O)O)nn2)C1.